The second-order valence-electron chi connectivity index (χ2n) is 15.2. The van der Waals surface area contributed by atoms with Gasteiger partial charge in [-0.05, 0) is 86.8 Å². The van der Waals surface area contributed by atoms with Crippen LogP contribution in [0.3, 0.4) is 0 Å². The third-order valence-electron chi connectivity index (χ3n) is 11.9. The van der Waals surface area contributed by atoms with Crippen molar-refractivity contribution in [2.75, 3.05) is 6.61 Å². The number of nitrogens with zero attached hydrogens (tertiary/aromatic N) is 5. The number of aryl methyl sites for hydroxylation is 1. The number of carbonyl (C=O) groups excluding carboxylic acids is 1. The van der Waals surface area contributed by atoms with Crippen molar-refractivity contribution in [3.05, 3.63) is 59.8 Å². The van der Waals surface area contributed by atoms with E-state index in [-0.39, 0.29) is 54.9 Å². The first-order chi connectivity index (χ1) is 24.7. The molecule has 1 amide bonds. The summed E-state index contributed by atoms with van der Waals surface area (Å²) < 4.78 is 81.9. The number of fused-ring (bicyclic) bond motifs is 1. The number of benzene rings is 1. The topological polar surface area (TPSA) is 124 Å². The molecule has 9 rings (SSSR count). The SMILES string of the molecule is Cn1ccc(CCOc2ccc3c(-c4ncc(C(=O)NC5(C(=O)O)C6CC7CC(C6)CC5C7)c(C(F)(F)F)n4)cn(C4CCC(F)(F)CC4)c3c2)n1. The van der Waals surface area contributed by atoms with Crippen molar-refractivity contribution in [1.82, 2.24) is 29.6 Å². The first-order valence-corrected chi connectivity index (χ1v) is 17.8. The van der Waals surface area contributed by atoms with E-state index in [4.69, 9.17) is 4.74 Å². The van der Waals surface area contributed by atoms with Crippen molar-refractivity contribution in [2.45, 2.75) is 87.9 Å². The number of aromatic nitrogens is 5. The molecule has 0 aliphatic heterocycles. The van der Waals surface area contributed by atoms with Crippen molar-refractivity contribution in [3.63, 3.8) is 0 Å². The van der Waals surface area contributed by atoms with Crippen LogP contribution in [-0.4, -0.2) is 59.4 Å². The van der Waals surface area contributed by atoms with E-state index in [0.717, 1.165) is 18.3 Å². The summed E-state index contributed by atoms with van der Waals surface area (Å²) in [7, 11) is 1.81. The van der Waals surface area contributed by atoms with Crippen molar-refractivity contribution < 1.29 is 41.4 Å². The highest BCUT2D eigenvalue weighted by Gasteiger charge is 2.62. The van der Waals surface area contributed by atoms with E-state index in [0.29, 0.717) is 67.2 Å². The molecule has 4 bridgehead atoms. The number of rotatable bonds is 9. The van der Waals surface area contributed by atoms with Gasteiger partial charge in [-0.25, -0.2) is 23.5 Å². The van der Waals surface area contributed by atoms with Crippen molar-refractivity contribution in [2.24, 2.45) is 30.7 Å². The zero-order chi connectivity index (χ0) is 36.6. The van der Waals surface area contributed by atoms with Crippen LogP contribution in [0, 0.1) is 23.7 Å². The molecule has 5 fully saturated rings. The summed E-state index contributed by atoms with van der Waals surface area (Å²) in [6, 6.07) is 6.59. The molecule has 3 aromatic heterocycles. The third kappa shape index (κ3) is 6.09. The van der Waals surface area contributed by atoms with Gasteiger partial charge in [-0.1, -0.05) is 0 Å². The molecule has 10 nitrogen and oxygen atoms in total. The molecule has 5 aliphatic carbocycles. The number of hydrogen-bond acceptors (Lipinski definition) is 6. The molecule has 4 aromatic rings. The normalized spacial score (nSPS) is 26.9. The van der Waals surface area contributed by atoms with Gasteiger partial charge < -0.3 is 19.7 Å². The molecule has 2 N–H and O–H groups in total. The highest BCUT2D eigenvalue weighted by molar-refractivity contribution is 6.00. The first kappa shape index (κ1) is 34.5. The number of aliphatic carboxylic acids is 1. The Hall–Kier alpha value is -4.56. The van der Waals surface area contributed by atoms with E-state index in [2.05, 4.69) is 20.4 Å². The van der Waals surface area contributed by atoms with Gasteiger partial charge in [-0.3, -0.25) is 9.48 Å². The fourth-order valence-corrected chi connectivity index (χ4v) is 9.66. The van der Waals surface area contributed by atoms with Crippen LogP contribution in [0.15, 0.2) is 42.9 Å². The van der Waals surface area contributed by atoms with Gasteiger partial charge in [0, 0.05) is 68.0 Å². The van der Waals surface area contributed by atoms with Crippen LogP contribution in [0.25, 0.3) is 22.3 Å². The summed E-state index contributed by atoms with van der Waals surface area (Å²) in [5.41, 5.74) is -2.37. The number of halogens is 5. The predicted molar refractivity (Wildman–Crippen MR) is 178 cm³/mol. The van der Waals surface area contributed by atoms with Crippen LogP contribution in [0.1, 0.15) is 85.6 Å². The van der Waals surface area contributed by atoms with Crippen LogP contribution >= 0.6 is 0 Å². The molecule has 0 atom stereocenters. The Bertz CT molecular complexity index is 2000. The molecule has 3 heterocycles. The number of nitrogens with one attached hydrogen (secondary N) is 1. The molecular weight excluding hydrogens is 687 g/mol. The molecule has 5 saturated carbocycles. The van der Waals surface area contributed by atoms with E-state index in [9.17, 15) is 36.6 Å². The fourth-order valence-electron chi connectivity index (χ4n) is 9.66. The van der Waals surface area contributed by atoms with Crippen LogP contribution in [0.2, 0.25) is 0 Å². The second-order valence-corrected chi connectivity index (χ2v) is 15.2. The van der Waals surface area contributed by atoms with Crippen molar-refractivity contribution in [3.8, 4) is 17.1 Å². The summed E-state index contributed by atoms with van der Waals surface area (Å²) in [6.07, 6.45) is 2.80. The number of amides is 1. The van der Waals surface area contributed by atoms with Gasteiger partial charge >= 0.3 is 12.1 Å². The van der Waals surface area contributed by atoms with Crippen molar-refractivity contribution >= 4 is 22.8 Å². The van der Waals surface area contributed by atoms with E-state index < -0.39 is 40.8 Å². The number of hydrogen-bond donors (Lipinski definition) is 2. The Kier molecular flexibility index (Phi) is 8.33. The molecule has 276 valence electrons. The largest absolute Gasteiger partial charge is 0.493 e. The first-order valence-electron chi connectivity index (χ1n) is 17.8. The maximum absolute atomic E-state index is 14.7. The molecule has 0 unspecified atom stereocenters. The van der Waals surface area contributed by atoms with Gasteiger partial charge in [0.25, 0.3) is 5.91 Å². The Balaban J connectivity index is 1.13. The highest BCUT2D eigenvalue weighted by atomic mass is 19.4. The molecular formula is C37H39F5N6O4. The highest BCUT2D eigenvalue weighted by Crippen LogP contribution is 2.58. The minimum Gasteiger partial charge on any atom is -0.493 e. The average Bonchev–Trinajstić information content (AvgIpc) is 3.68. The van der Waals surface area contributed by atoms with Gasteiger partial charge in [-0.2, -0.15) is 18.3 Å². The maximum Gasteiger partial charge on any atom is 0.434 e. The second kappa shape index (κ2) is 12.5. The summed E-state index contributed by atoms with van der Waals surface area (Å²) in [6.45, 7) is 0.305. The lowest BCUT2D eigenvalue weighted by Crippen LogP contribution is -2.70. The summed E-state index contributed by atoms with van der Waals surface area (Å²) in [4.78, 5) is 34.7. The number of carboxylic acids is 1. The number of carboxylic acid groups (broad SMARTS) is 1. The molecule has 15 heteroatoms. The molecule has 0 saturated heterocycles. The van der Waals surface area contributed by atoms with E-state index >= 15 is 0 Å². The lowest BCUT2D eigenvalue weighted by molar-refractivity contribution is -0.163. The van der Waals surface area contributed by atoms with Gasteiger partial charge in [-0.15, -0.1) is 0 Å². The lowest BCUT2D eigenvalue weighted by atomic mass is 9.48. The van der Waals surface area contributed by atoms with Crippen molar-refractivity contribution in [1.29, 1.82) is 0 Å². The smallest absolute Gasteiger partial charge is 0.434 e. The van der Waals surface area contributed by atoms with E-state index in [1.54, 1.807) is 33.6 Å². The molecule has 1 aromatic carbocycles. The van der Waals surface area contributed by atoms with Gasteiger partial charge in [0.2, 0.25) is 5.92 Å². The quantitative estimate of drug-likeness (QED) is 0.175. The zero-order valence-corrected chi connectivity index (χ0v) is 28.5. The van der Waals surface area contributed by atoms with Gasteiger partial charge in [0.1, 0.15) is 11.3 Å². The number of carbonyl (C=O) groups is 2. The fraction of sp³-hybridized carbons (Fsp3) is 0.541. The van der Waals surface area contributed by atoms with E-state index in [1.807, 2.05) is 19.3 Å². The van der Waals surface area contributed by atoms with Crippen LogP contribution in [0.5, 0.6) is 5.75 Å². The summed E-state index contributed by atoms with van der Waals surface area (Å²) >= 11 is 0. The van der Waals surface area contributed by atoms with Gasteiger partial charge in [0.05, 0.1) is 23.4 Å². The Morgan fingerprint density at radius 2 is 1.73 bits per heavy atom. The minimum absolute atomic E-state index is 0.156. The summed E-state index contributed by atoms with van der Waals surface area (Å²) in [5, 5.41) is 17.9. The lowest BCUT2D eigenvalue weighted by Gasteiger charge is -2.59. The predicted octanol–water partition coefficient (Wildman–Crippen LogP) is 7.23. The molecule has 0 radical (unpaired) electrons. The number of ether oxygens (including phenoxy) is 1. The van der Waals surface area contributed by atoms with Crippen LogP contribution < -0.4 is 10.1 Å². The average molecular weight is 727 g/mol. The number of alkyl halides is 5. The van der Waals surface area contributed by atoms with E-state index in [1.165, 1.54) is 0 Å². The Labute approximate surface area is 295 Å². The zero-order valence-electron chi connectivity index (χ0n) is 28.5. The van der Waals surface area contributed by atoms with Crippen LogP contribution in [-0.2, 0) is 24.4 Å². The standard InChI is InChI=1S/C37H39F5N6O4/c1-47-10-6-24(46-47)7-11-52-26-2-3-27-29(19-48(30(27)17-26)25-4-8-35(38,39)9-5-25)32-43-18-28(31(44-32)37(40,41)42)33(49)45-36(34(50)51)22-13-20-12-21(15-22)16-23(36)14-20/h2-3,6,10,17-23,25H,4-5,7-9,11-16H2,1H3,(H,45,49)(H,50,51). The minimum atomic E-state index is -5.08. The molecule has 52 heavy (non-hydrogen) atoms. The maximum atomic E-state index is 14.7. The third-order valence-corrected chi connectivity index (χ3v) is 11.9. The molecule has 5 aliphatic rings. The van der Waals surface area contributed by atoms with Crippen LogP contribution in [0.4, 0.5) is 22.0 Å². The Morgan fingerprint density at radius 1 is 1.04 bits per heavy atom. The molecule has 0 spiro atoms. The van der Waals surface area contributed by atoms with Gasteiger partial charge in [0.15, 0.2) is 11.5 Å². The monoisotopic (exact) mass is 726 g/mol. The summed E-state index contributed by atoms with van der Waals surface area (Å²) in [5.74, 6) is -5.02. The Morgan fingerprint density at radius 3 is 2.35 bits per heavy atom.